The van der Waals surface area contributed by atoms with Crippen molar-refractivity contribution in [2.45, 2.75) is 46.1 Å². The largest absolute Gasteiger partial charge is 0.393 e. The molecule has 0 aliphatic heterocycles. The zero-order valence-corrected chi connectivity index (χ0v) is 9.51. The molecule has 0 rings (SSSR count). The Morgan fingerprint density at radius 1 is 1.43 bits per heavy atom. The molecule has 3 heteroatoms. The summed E-state index contributed by atoms with van der Waals surface area (Å²) >= 11 is 0. The molecule has 1 unspecified atom stereocenters. The third-order valence-electron chi connectivity index (χ3n) is 2.36. The fraction of sp³-hybridized carbons (Fsp3) is 0.909. The first-order valence-electron chi connectivity index (χ1n) is 5.32. The molecular weight excluding hydrogens is 176 g/mol. The quantitative estimate of drug-likeness (QED) is 0.612. The van der Waals surface area contributed by atoms with Gasteiger partial charge in [0.15, 0.2) is 0 Å². The number of hydrogen-bond donors (Lipinski definition) is 2. The molecule has 3 nitrogen and oxygen atoms in total. The van der Waals surface area contributed by atoms with E-state index >= 15 is 0 Å². The average Bonchev–Trinajstić information content (AvgIpc) is 2.17. The lowest BCUT2D eigenvalue weighted by Gasteiger charge is -2.15. The first-order valence-corrected chi connectivity index (χ1v) is 5.32. The molecule has 0 amide bonds. The van der Waals surface area contributed by atoms with Gasteiger partial charge in [0.2, 0.25) is 0 Å². The second-order valence-electron chi connectivity index (χ2n) is 4.35. The van der Waals surface area contributed by atoms with E-state index in [2.05, 4.69) is 11.4 Å². The van der Waals surface area contributed by atoms with E-state index in [4.69, 9.17) is 5.26 Å². The number of hydrogen-bond acceptors (Lipinski definition) is 3. The van der Waals surface area contributed by atoms with E-state index in [1.807, 2.05) is 20.8 Å². The lowest BCUT2D eigenvalue weighted by Crippen LogP contribution is -2.24. The van der Waals surface area contributed by atoms with Gasteiger partial charge < -0.3 is 10.4 Å². The van der Waals surface area contributed by atoms with Crippen LogP contribution in [0.2, 0.25) is 0 Å². The van der Waals surface area contributed by atoms with Gasteiger partial charge in [0.05, 0.1) is 17.6 Å². The average molecular weight is 198 g/mol. The maximum atomic E-state index is 9.27. The molecule has 0 saturated heterocycles. The molecule has 0 aromatic rings. The van der Waals surface area contributed by atoms with Gasteiger partial charge in [0, 0.05) is 0 Å². The lowest BCUT2D eigenvalue weighted by molar-refractivity contribution is 0.159. The predicted molar refractivity (Wildman–Crippen MR) is 57.8 cm³/mol. The molecule has 1 atom stereocenters. The topological polar surface area (TPSA) is 56.0 Å². The Labute approximate surface area is 87.1 Å². The van der Waals surface area contributed by atoms with Crippen LogP contribution in [-0.4, -0.2) is 24.3 Å². The molecule has 0 fully saturated rings. The van der Waals surface area contributed by atoms with Gasteiger partial charge in [0.25, 0.3) is 0 Å². The molecule has 0 aromatic carbocycles. The zero-order valence-electron chi connectivity index (χ0n) is 9.51. The summed E-state index contributed by atoms with van der Waals surface area (Å²) in [5.41, 5.74) is -0.240. The highest BCUT2D eigenvalue weighted by Crippen LogP contribution is 2.16. The molecule has 14 heavy (non-hydrogen) atoms. The normalized spacial score (nSPS) is 13.6. The fourth-order valence-electron chi connectivity index (χ4n) is 1.05. The Hall–Kier alpha value is -0.590. The third kappa shape index (κ3) is 6.88. The van der Waals surface area contributed by atoms with E-state index in [9.17, 15) is 5.11 Å². The molecule has 0 spiro atoms. The number of nitriles is 1. The first kappa shape index (κ1) is 13.4. The predicted octanol–water partition coefficient (Wildman–Crippen LogP) is 1.68. The van der Waals surface area contributed by atoms with Crippen molar-refractivity contribution in [2.24, 2.45) is 5.41 Å². The lowest BCUT2D eigenvalue weighted by atomic mass is 9.91. The maximum absolute atomic E-state index is 9.27. The highest BCUT2D eigenvalue weighted by atomic mass is 16.3. The van der Waals surface area contributed by atoms with Crippen LogP contribution in [-0.2, 0) is 0 Å². The summed E-state index contributed by atoms with van der Waals surface area (Å²) < 4.78 is 0. The van der Waals surface area contributed by atoms with Crippen LogP contribution in [0.1, 0.15) is 40.0 Å². The van der Waals surface area contributed by atoms with Crippen molar-refractivity contribution >= 4 is 0 Å². The summed E-state index contributed by atoms with van der Waals surface area (Å²) in [5, 5.41) is 21.3. The Morgan fingerprint density at radius 3 is 2.57 bits per heavy atom. The van der Waals surface area contributed by atoms with Crippen molar-refractivity contribution < 1.29 is 5.11 Å². The number of rotatable bonds is 7. The van der Waals surface area contributed by atoms with Crippen LogP contribution in [0.5, 0.6) is 0 Å². The van der Waals surface area contributed by atoms with Crippen LogP contribution in [0, 0.1) is 16.7 Å². The van der Waals surface area contributed by atoms with E-state index in [0.29, 0.717) is 0 Å². The van der Waals surface area contributed by atoms with Gasteiger partial charge in [-0.2, -0.15) is 5.26 Å². The number of nitrogens with zero attached hydrogens (tertiary/aromatic N) is 1. The SMILES string of the molecule is CCC(O)CCNCCC(C)(C)C#N. The molecule has 0 aliphatic rings. The Balaban J connectivity index is 3.35. The van der Waals surface area contributed by atoms with Crippen LogP contribution in [0.4, 0.5) is 0 Å². The van der Waals surface area contributed by atoms with Crippen molar-refractivity contribution in [1.82, 2.24) is 5.32 Å². The summed E-state index contributed by atoms with van der Waals surface area (Å²) in [6, 6.07) is 2.26. The standard InChI is InChI=1S/C11H22N2O/c1-4-10(14)5-7-13-8-6-11(2,3)9-12/h10,13-14H,4-8H2,1-3H3. The van der Waals surface area contributed by atoms with E-state index in [1.54, 1.807) is 0 Å². The monoisotopic (exact) mass is 198 g/mol. The Morgan fingerprint density at radius 2 is 2.07 bits per heavy atom. The van der Waals surface area contributed by atoms with E-state index in [1.165, 1.54) is 0 Å². The molecule has 0 aromatic heterocycles. The summed E-state index contributed by atoms with van der Waals surface area (Å²) in [5.74, 6) is 0. The summed E-state index contributed by atoms with van der Waals surface area (Å²) in [6.45, 7) is 7.53. The highest BCUT2D eigenvalue weighted by molar-refractivity contribution is 4.91. The van der Waals surface area contributed by atoms with Gasteiger partial charge in [-0.15, -0.1) is 0 Å². The third-order valence-corrected chi connectivity index (χ3v) is 2.36. The van der Waals surface area contributed by atoms with Gasteiger partial charge >= 0.3 is 0 Å². The molecule has 0 bridgehead atoms. The van der Waals surface area contributed by atoms with E-state index < -0.39 is 0 Å². The van der Waals surface area contributed by atoms with Gasteiger partial charge in [-0.05, 0) is 46.2 Å². The van der Waals surface area contributed by atoms with Crippen LogP contribution < -0.4 is 5.32 Å². The molecule has 0 heterocycles. The Kier molecular flexibility index (Phi) is 6.52. The first-order chi connectivity index (χ1) is 6.52. The van der Waals surface area contributed by atoms with Crippen molar-refractivity contribution in [3.8, 4) is 6.07 Å². The number of nitrogens with one attached hydrogen (secondary N) is 1. The molecule has 0 saturated carbocycles. The minimum absolute atomic E-state index is 0.188. The van der Waals surface area contributed by atoms with E-state index in [-0.39, 0.29) is 11.5 Å². The molecular formula is C11H22N2O. The van der Waals surface area contributed by atoms with Crippen molar-refractivity contribution in [1.29, 1.82) is 5.26 Å². The van der Waals surface area contributed by atoms with Crippen molar-refractivity contribution in [3.63, 3.8) is 0 Å². The van der Waals surface area contributed by atoms with Crippen LogP contribution >= 0.6 is 0 Å². The summed E-state index contributed by atoms with van der Waals surface area (Å²) in [6.07, 6.45) is 2.27. The molecule has 82 valence electrons. The Bertz CT molecular complexity index is 184. The van der Waals surface area contributed by atoms with Gasteiger partial charge in [0.1, 0.15) is 0 Å². The maximum Gasteiger partial charge on any atom is 0.0684 e. The van der Waals surface area contributed by atoms with E-state index in [0.717, 1.165) is 32.4 Å². The highest BCUT2D eigenvalue weighted by Gasteiger charge is 2.15. The minimum Gasteiger partial charge on any atom is -0.393 e. The smallest absolute Gasteiger partial charge is 0.0684 e. The summed E-state index contributed by atoms with van der Waals surface area (Å²) in [4.78, 5) is 0. The second kappa shape index (κ2) is 6.80. The van der Waals surface area contributed by atoms with Crippen molar-refractivity contribution in [2.75, 3.05) is 13.1 Å². The van der Waals surface area contributed by atoms with Crippen molar-refractivity contribution in [3.05, 3.63) is 0 Å². The fourth-order valence-corrected chi connectivity index (χ4v) is 1.05. The van der Waals surface area contributed by atoms with Gasteiger partial charge in [-0.1, -0.05) is 6.92 Å². The number of aliphatic hydroxyl groups excluding tert-OH is 1. The van der Waals surface area contributed by atoms with Crippen LogP contribution in [0.3, 0.4) is 0 Å². The molecule has 0 radical (unpaired) electrons. The zero-order chi connectivity index (χ0) is 11.0. The number of aliphatic hydroxyl groups is 1. The second-order valence-corrected chi connectivity index (χ2v) is 4.35. The van der Waals surface area contributed by atoms with Crippen LogP contribution in [0.15, 0.2) is 0 Å². The van der Waals surface area contributed by atoms with Gasteiger partial charge in [-0.25, -0.2) is 0 Å². The van der Waals surface area contributed by atoms with Crippen LogP contribution in [0.25, 0.3) is 0 Å². The summed E-state index contributed by atoms with van der Waals surface area (Å²) in [7, 11) is 0. The van der Waals surface area contributed by atoms with Gasteiger partial charge in [-0.3, -0.25) is 0 Å². The molecule has 0 aliphatic carbocycles. The minimum atomic E-state index is -0.240. The molecule has 2 N–H and O–H groups in total.